The molecule has 1 aromatic carbocycles. The fraction of sp³-hybridized carbons (Fsp3) is 0.435. The SMILES string of the molecule is COCc1nc(N2CCN(C(=O)Nc3cccc(Cl)c3)CC2)c2c3c(sc2n1)CCCC3. The van der Waals surface area contributed by atoms with Crippen molar-refractivity contribution in [2.75, 3.05) is 43.5 Å². The molecule has 0 unspecified atom stereocenters. The summed E-state index contributed by atoms with van der Waals surface area (Å²) >= 11 is 7.84. The van der Waals surface area contributed by atoms with Gasteiger partial charge >= 0.3 is 6.03 Å². The van der Waals surface area contributed by atoms with Gasteiger partial charge in [0.25, 0.3) is 0 Å². The van der Waals surface area contributed by atoms with Gasteiger partial charge in [-0.05, 0) is 49.4 Å². The summed E-state index contributed by atoms with van der Waals surface area (Å²) < 4.78 is 5.33. The molecule has 9 heteroatoms. The maximum atomic E-state index is 12.7. The Morgan fingerprint density at radius 2 is 2.00 bits per heavy atom. The van der Waals surface area contributed by atoms with Crippen LogP contribution < -0.4 is 10.2 Å². The first-order valence-electron chi connectivity index (χ1n) is 11.0. The van der Waals surface area contributed by atoms with Gasteiger partial charge in [-0.25, -0.2) is 14.8 Å². The van der Waals surface area contributed by atoms with E-state index < -0.39 is 0 Å². The van der Waals surface area contributed by atoms with Crippen LogP contribution >= 0.6 is 22.9 Å². The summed E-state index contributed by atoms with van der Waals surface area (Å²) in [4.78, 5) is 29.1. The Labute approximate surface area is 196 Å². The molecule has 0 bridgehead atoms. The van der Waals surface area contributed by atoms with Crippen molar-refractivity contribution in [1.82, 2.24) is 14.9 Å². The molecule has 32 heavy (non-hydrogen) atoms. The second-order valence-corrected chi connectivity index (χ2v) is 9.72. The van der Waals surface area contributed by atoms with E-state index in [0.717, 1.165) is 42.4 Å². The number of aryl methyl sites for hydroxylation is 2. The van der Waals surface area contributed by atoms with Crippen molar-refractivity contribution in [1.29, 1.82) is 0 Å². The zero-order valence-corrected chi connectivity index (χ0v) is 19.6. The van der Waals surface area contributed by atoms with Gasteiger partial charge in [-0.2, -0.15) is 0 Å². The number of piperazine rings is 1. The van der Waals surface area contributed by atoms with Gasteiger partial charge < -0.3 is 19.9 Å². The number of amides is 2. The van der Waals surface area contributed by atoms with Gasteiger partial charge in [-0.15, -0.1) is 11.3 Å². The fourth-order valence-electron chi connectivity index (χ4n) is 4.49. The molecule has 1 N–H and O–H groups in total. The number of anilines is 2. The number of urea groups is 1. The fourth-order valence-corrected chi connectivity index (χ4v) is 5.96. The largest absolute Gasteiger partial charge is 0.377 e. The Kier molecular flexibility index (Phi) is 6.17. The van der Waals surface area contributed by atoms with Crippen molar-refractivity contribution >= 4 is 50.7 Å². The number of carbonyl (C=O) groups excluding carboxylic acids is 1. The molecular formula is C23H26ClN5O2S. The highest BCUT2D eigenvalue weighted by Gasteiger charge is 2.27. The molecule has 3 aromatic rings. The Morgan fingerprint density at radius 1 is 1.19 bits per heavy atom. The number of hydrogen-bond donors (Lipinski definition) is 1. The van der Waals surface area contributed by atoms with Gasteiger partial charge in [0.15, 0.2) is 5.82 Å². The Balaban J connectivity index is 1.36. The van der Waals surface area contributed by atoms with E-state index in [1.54, 1.807) is 19.2 Å². The zero-order chi connectivity index (χ0) is 22.1. The molecule has 0 saturated carbocycles. The van der Waals surface area contributed by atoms with E-state index in [4.69, 9.17) is 26.3 Å². The molecule has 168 valence electrons. The minimum Gasteiger partial charge on any atom is -0.377 e. The van der Waals surface area contributed by atoms with Crippen molar-refractivity contribution in [3.05, 3.63) is 45.6 Å². The number of rotatable bonds is 4. The van der Waals surface area contributed by atoms with E-state index in [1.165, 1.54) is 28.7 Å². The predicted octanol–water partition coefficient (Wildman–Crippen LogP) is 4.72. The number of halogens is 1. The number of nitrogens with zero attached hydrogens (tertiary/aromatic N) is 4. The summed E-state index contributed by atoms with van der Waals surface area (Å²) in [5.74, 6) is 1.71. The third kappa shape index (κ3) is 4.27. The zero-order valence-electron chi connectivity index (χ0n) is 18.1. The number of carbonyl (C=O) groups is 1. The highest BCUT2D eigenvalue weighted by atomic mass is 35.5. The van der Waals surface area contributed by atoms with Crippen molar-refractivity contribution in [2.45, 2.75) is 32.3 Å². The summed E-state index contributed by atoms with van der Waals surface area (Å²) in [6.45, 7) is 3.11. The maximum Gasteiger partial charge on any atom is 0.321 e. The van der Waals surface area contributed by atoms with Gasteiger partial charge in [-0.3, -0.25) is 0 Å². The van der Waals surface area contributed by atoms with Crippen LogP contribution in [0.1, 0.15) is 29.1 Å². The van der Waals surface area contributed by atoms with Crippen LogP contribution in [0.25, 0.3) is 10.2 Å². The molecule has 1 fully saturated rings. The van der Waals surface area contributed by atoms with Crippen LogP contribution in [0, 0.1) is 0 Å². The third-order valence-corrected chi connectivity index (χ3v) is 7.48. The average Bonchev–Trinajstić information content (AvgIpc) is 3.17. The van der Waals surface area contributed by atoms with Gasteiger partial charge in [0, 0.05) is 48.9 Å². The Bertz CT molecular complexity index is 1140. The van der Waals surface area contributed by atoms with E-state index in [0.29, 0.717) is 30.4 Å². The molecule has 2 aliphatic rings. The lowest BCUT2D eigenvalue weighted by molar-refractivity contribution is 0.178. The number of fused-ring (bicyclic) bond motifs is 3. The van der Waals surface area contributed by atoms with E-state index >= 15 is 0 Å². The van der Waals surface area contributed by atoms with E-state index in [-0.39, 0.29) is 6.03 Å². The van der Waals surface area contributed by atoms with Gasteiger partial charge in [0.05, 0.1) is 5.39 Å². The molecule has 0 spiro atoms. The van der Waals surface area contributed by atoms with Crippen LogP contribution in [0.4, 0.5) is 16.3 Å². The topological polar surface area (TPSA) is 70.6 Å². The van der Waals surface area contributed by atoms with Gasteiger partial charge in [0.2, 0.25) is 0 Å². The highest BCUT2D eigenvalue weighted by Crippen LogP contribution is 2.40. The summed E-state index contributed by atoms with van der Waals surface area (Å²) in [5.41, 5.74) is 2.13. The molecule has 5 rings (SSSR count). The lowest BCUT2D eigenvalue weighted by Gasteiger charge is -2.36. The second-order valence-electron chi connectivity index (χ2n) is 8.20. The summed E-state index contributed by atoms with van der Waals surface area (Å²) in [6, 6.07) is 7.11. The number of hydrogen-bond acceptors (Lipinski definition) is 6. The van der Waals surface area contributed by atoms with E-state index in [9.17, 15) is 4.79 Å². The molecule has 2 amide bonds. The molecule has 1 aliphatic heterocycles. The minimum atomic E-state index is -0.104. The van der Waals surface area contributed by atoms with Gasteiger partial charge in [0.1, 0.15) is 17.3 Å². The minimum absolute atomic E-state index is 0.104. The van der Waals surface area contributed by atoms with Crippen molar-refractivity contribution in [2.24, 2.45) is 0 Å². The van der Waals surface area contributed by atoms with Crippen molar-refractivity contribution < 1.29 is 9.53 Å². The summed E-state index contributed by atoms with van der Waals surface area (Å²) in [6.07, 6.45) is 4.69. The Morgan fingerprint density at radius 3 is 2.78 bits per heavy atom. The number of thiophene rings is 1. The highest BCUT2D eigenvalue weighted by molar-refractivity contribution is 7.19. The molecular weight excluding hydrogens is 446 g/mol. The number of ether oxygens (including phenoxy) is 1. The molecule has 1 saturated heterocycles. The lowest BCUT2D eigenvalue weighted by atomic mass is 9.97. The summed E-state index contributed by atoms with van der Waals surface area (Å²) in [5, 5.41) is 4.76. The number of nitrogens with one attached hydrogen (secondary N) is 1. The lowest BCUT2D eigenvalue weighted by Crippen LogP contribution is -2.50. The van der Waals surface area contributed by atoms with E-state index in [2.05, 4.69) is 10.2 Å². The summed E-state index contributed by atoms with van der Waals surface area (Å²) in [7, 11) is 1.67. The Hall–Kier alpha value is -2.42. The first-order valence-corrected chi connectivity index (χ1v) is 12.2. The maximum absolute atomic E-state index is 12.7. The smallest absolute Gasteiger partial charge is 0.321 e. The molecule has 2 aromatic heterocycles. The number of aromatic nitrogens is 2. The first kappa shape index (κ1) is 21.4. The van der Waals surface area contributed by atoms with Crippen molar-refractivity contribution in [3.63, 3.8) is 0 Å². The molecule has 1 aliphatic carbocycles. The molecule has 0 radical (unpaired) electrons. The normalized spacial score (nSPS) is 16.3. The first-order chi connectivity index (χ1) is 15.6. The molecule has 0 atom stereocenters. The van der Waals surface area contributed by atoms with Crippen LogP contribution in [0.15, 0.2) is 24.3 Å². The van der Waals surface area contributed by atoms with E-state index in [1.807, 2.05) is 28.4 Å². The standard InChI is InChI=1S/C23H26ClN5O2S/c1-31-14-19-26-21(20-17-7-2-3-8-18(17)32-22(20)27-19)28-9-11-29(12-10-28)23(30)25-16-6-4-5-15(24)13-16/h4-6,13H,2-3,7-12,14H2,1H3,(H,25,30). The van der Waals surface area contributed by atoms with Crippen LogP contribution in [0.3, 0.4) is 0 Å². The van der Waals surface area contributed by atoms with Crippen LogP contribution in [-0.4, -0.2) is 54.2 Å². The van der Waals surface area contributed by atoms with Crippen LogP contribution in [0.2, 0.25) is 5.02 Å². The molecule has 3 heterocycles. The third-order valence-electron chi connectivity index (χ3n) is 6.06. The monoisotopic (exact) mass is 471 g/mol. The average molecular weight is 472 g/mol. The van der Waals surface area contributed by atoms with Crippen LogP contribution in [0.5, 0.6) is 0 Å². The second kappa shape index (κ2) is 9.21. The number of methoxy groups -OCH3 is 1. The predicted molar refractivity (Wildman–Crippen MR) is 129 cm³/mol. The molecule has 7 nitrogen and oxygen atoms in total. The van der Waals surface area contributed by atoms with Crippen LogP contribution in [-0.2, 0) is 24.2 Å². The quantitative estimate of drug-likeness (QED) is 0.596. The van der Waals surface area contributed by atoms with Crippen molar-refractivity contribution in [3.8, 4) is 0 Å². The number of benzene rings is 1. The van der Waals surface area contributed by atoms with Gasteiger partial charge in [-0.1, -0.05) is 17.7 Å².